The van der Waals surface area contributed by atoms with Gasteiger partial charge in [0.25, 0.3) is 0 Å². The number of anilines is 1. The molecule has 8 nitrogen and oxygen atoms in total. The van der Waals surface area contributed by atoms with Crippen molar-refractivity contribution in [1.82, 2.24) is 4.98 Å². The van der Waals surface area contributed by atoms with Gasteiger partial charge in [-0.2, -0.15) is 0 Å². The van der Waals surface area contributed by atoms with Crippen molar-refractivity contribution < 1.29 is 24.3 Å². The first-order valence-corrected chi connectivity index (χ1v) is 5.72. The molecule has 1 rings (SSSR count). The third-order valence-corrected chi connectivity index (χ3v) is 2.25. The standard InChI is InChI=1S/C9H11N3O5S/c1-2-16-8(15)7(12-17-3-6(13)14)5-4-18-9(10)11-5/h4H,2-3H2,1H3,(H2,10,11)(H,13,14). The quantitative estimate of drug-likeness (QED) is 0.427. The first kappa shape index (κ1) is 13.9. The highest BCUT2D eigenvalue weighted by Crippen LogP contribution is 2.13. The van der Waals surface area contributed by atoms with Crippen LogP contribution in [0.3, 0.4) is 0 Å². The molecule has 9 heteroatoms. The molecule has 0 atom stereocenters. The molecular formula is C9H11N3O5S. The Hall–Kier alpha value is -2.16. The highest BCUT2D eigenvalue weighted by molar-refractivity contribution is 7.13. The van der Waals surface area contributed by atoms with Crippen LogP contribution in [0.5, 0.6) is 0 Å². The first-order valence-electron chi connectivity index (χ1n) is 4.84. The zero-order valence-electron chi connectivity index (χ0n) is 9.45. The lowest BCUT2D eigenvalue weighted by molar-refractivity contribution is -0.142. The average Bonchev–Trinajstić information content (AvgIpc) is 2.71. The Labute approximate surface area is 106 Å². The zero-order valence-corrected chi connectivity index (χ0v) is 10.3. The lowest BCUT2D eigenvalue weighted by atomic mass is 10.3. The third kappa shape index (κ3) is 4.01. The Morgan fingerprint density at radius 3 is 2.83 bits per heavy atom. The summed E-state index contributed by atoms with van der Waals surface area (Å²) < 4.78 is 4.75. The number of aliphatic carboxylic acids is 1. The molecule has 0 amide bonds. The summed E-state index contributed by atoms with van der Waals surface area (Å²) in [5.74, 6) is -1.96. The molecule has 18 heavy (non-hydrogen) atoms. The molecular weight excluding hydrogens is 262 g/mol. The second-order valence-electron chi connectivity index (χ2n) is 2.90. The minimum absolute atomic E-state index is 0.149. The molecule has 0 bridgehead atoms. The van der Waals surface area contributed by atoms with E-state index in [1.165, 1.54) is 5.38 Å². The summed E-state index contributed by atoms with van der Waals surface area (Å²) in [5, 5.41) is 13.6. The van der Waals surface area contributed by atoms with Crippen molar-refractivity contribution in [2.75, 3.05) is 18.9 Å². The summed E-state index contributed by atoms with van der Waals surface area (Å²) in [5.41, 5.74) is 5.40. The molecule has 1 aromatic heterocycles. The molecule has 0 aromatic carbocycles. The molecule has 0 fully saturated rings. The first-order chi connectivity index (χ1) is 8.54. The summed E-state index contributed by atoms with van der Waals surface area (Å²) in [6, 6.07) is 0. The van der Waals surface area contributed by atoms with E-state index in [1.807, 2.05) is 0 Å². The molecule has 0 saturated heterocycles. The Morgan fingerprint density at radius 2 is 2.33 bits per heavy atom. The maximum absolute atomic E-state index is 11.6. The van der Waals surface area contributed by atoms with Gasteiger partial charge in [0.2, 0.25) is 12.3 Å². The Morgan fingerprint density at radius 1 is 1.61 bits per heavy atom. The Balaban J connectivity index is 2.87. The number of ether oxygens (including phenoxy) is 1. The summed E-state index contributed by atoms with van der Waals surface area (Å²) in [7, 11) is 0. The van der Waals surface area contributed by atoms with Crippen LogP contribution in [0.15, 0.2) is 10.5 Å². The number of carbonyl (C=O) groups excluding carboxylic acids is 1. The van der Waals surface area contributed by atoms with Gasteiger partial charge in [0.15, 0.2) is 5.13 Å². The van der Waals surface area contributed by atoms with Gasteiger partial charge in [-0.3, -0.25) is 0 Å². The van der Waals surface area contributed by atoms with Crippen molar-refractivity contribution in [3.8, 4) is 0 Å². The van der Waals surface area contributed by atoms with E-state index in [4.69, 9.17) is 15.6 Å². The lowest BCUT2D eigenvalue weighted by Crippen LogP contribution is -2.20. The van der Waals surface area contributed by atoms with Crippen LogP contribution in [0.1, 0.15) is 12.6 Å². The zero-order chi connectivity index (χ0) is 13.5. The van der Waals surface area contributed by atoms with E-state index in [2.05, 4.69) is 15.0 Å². The molecule has 0 saturated carbocycles. The topological polar surface area (TPSA) is 124 Å². The fourth-order valence-corrected chi connectivity index (χ4v) is 1.48. The predicted octanol–water partition coefficient (Wildman–Crippen LogP) is 0.0937. The van der Waals surface area contributed by atoms with E-state index in [0.717, 1.165) is 11.3 Å². The number of nitrogen functional groups attached to an aromatic ring is 1. The van der Waals surface area contributed by atoms with Gasteiger partial charge in [-0.1, -0.05) is 5.16 Å². The van der Waals surface area contributed by atoms with Gasteiger partial charge in [-0.15, -0.1) is 11.3 Å². The average molecular weight is 273 g/mol. The van der Waals surface area contributed by atoms with Gasteiger partial charge in [-0.05, 0) is 6.92 Å². The molecule has 0 spiro atoms. The van der Waals surface area contributed by atoms with E-state index in [-0.39, 0.29) is 23.1 Å². The Kier molecular flexibility index (Phi) is 5.06. The minimum Gasteiger partial charge on any atom is -0.479 e. The molecule has 98 valence electrons. The molecule has 0 radical (unpaired) electrons. The van der Waals surface area contributed by atoms with Gasteiger partial charge in [0, 0.05) is 5.38 Å². The number of carboxylic acids is 1. The van der Waals surface area contributed by atoms with Crippen molar-refractivity contribution in [2.45, 2.75) is 6.92 Å². The number of thiazole rings is 1. The molecule has 0 aliphatic rings. The van der Waals surface area contributed by atoms with Gasteiger partial charge in [0.05, 0.1) is 6.61 Å². The molecule has 0 unspecified atom stereocenters. The third-order valence-electron chi connectivity index (χ3n) is 1.58. The van der Waals surface area contributed by atoms with E-state index in [0.29, 0.717) is 0 Å². The van der Waals surface area contributed by atoms with Crippen LogP contribution in [0.4, 0.5) is 5.13 Å². The van der Waals surface area contributed by atoms with Crippen molar-refractivity contribution >= 4 is 34.1 Å². The molecule has 0 aliphatic heterocycles. The van der Waals surface area contributed by atoms with Crippen molar-refractivity contribution in [3.05, 3.63) is 11.1 Å². The number of nitrogens with zero attached hydrogens (tertiary/aromatic N) is 2. The van der Waals surface area contributed by atoms with E-state index in [9.17, 15) is 9.59 Å². The van der Waals surface area contributed by atoms with Crippen LogP contribution in [0, 0.1) is 0 Å². The van der Waals surface area contributed by atoms with Crippen molar-refractivity contribution in [1.29, 1.82) is 0 Å². The smallest absolute Gasteiger partial charge is 0.362 e. The number of oxime groups is 1. The van der Waals surface area contributed by atoms with Gasteiger partial charge in [-0.25, -0.2) is 14.6 Å². The number of nitrogens with two attached hydrogens (primary N) is 1. The highest BCUT2D eigenvalue weighted by Gasteiger charge is 2.19. The number of aromatic nitrogens is 1. The van der Waals surface area contributed by atoms with E-state index in [1.54, 1.807) is 6.92 Å². The lowest BCUT2D eigenvalue weighted by Gasteiger charge is -2.02. The SMILES string of the molecule is CCOC(=O)C(=NOCC(=O)O)c1csc(N)n1. The highest BCUT2D eigenvalue weighted by atomic mass is 32.1. The summed E-state index contributed by atoms with van der Waals surface area (Å²) in [6.45, 7) is 1.11. The second-order valence-corrected chi connectivity index (χ2v) is 3.79. The summed E-state index contributed by atoms with van der Waals surface area (Å²) in [4.78, 5) is 30.2. The minimum atomic E-state index is -1.21. The van der Waals surface area contributed by atoms with Gasteiger partial charge in [0.1, 0.15) is 5.69 Å². The summed E-state index contributed by atoms with van der Waals surface area (Å²) >= 11 is 1.11. The van der Waals surface area contributed by atoms with Crippen LogP contribution < -0.4 is 5.73 Å². The second kappa shape index (κ2) is 6.55. The number of esters is 1. The normalized spacial score (nSPS) is 11.1. The van der Waals surface area contributed by atoms with Gasteiger partial charge >= 0.3 is 11.9 Å². The van der Waals surface area contributed by atoms with E-state index < -0.39 is 18.5 Å². The molecule has 1 heterocycles. The van der Waals surface area contributed by atoms with Gasteiger partial charge < -0.3 is 20.4 Å². The number of hydrogen-bond donors (Lipinski definition) is 2. The van der Waals surface area contributed by atoms with Crippen LogP contribution in [-0.2, 0) is 19.2 Å². The molecule has 0 aliphatic carbocycles. The van der Waals surface area contributed by atoms with Crippen molar-refractivity contribution in [2.24, 2.45) is 5.16 Å². The number of rotatable bonds is 6. The maximum Gasteiger partial charge on any atom is 0.362 e. The molecule has 1 aromatic rings. The summed E-state index contributed by atoms with van der Waals surface area (Å²) in [6.07, 6.45) is 0. The Bertz CT molecular complexity index is 471. The predicted molar refractivity (Wildman–Crippen MR) is 63.3 cm³/mol. The van der Waals surface area contributed by atoms with E-state index >= 15 is 0 Å². The van der Waals surface area contributed by atoms with Crippen LogP contribution in [0.2, 0.25) is 0 Å². The maximum atomic E-state index is 11.6. The molecule has 3 N–H and O–H groups in total. The fraction of sp³-hybridized carbons (Fsp3) is 0.333. The van der Waals surface area contributed by atoms with Crippen LogP contribution in [0.25, 0.3) is 0 Å². The van der Waals surface area contributed by atoms with Crippen LogP contribution >= 0.6 is 11.3 Å². The number of carboxylic acid groups (broad SMARTS) is 1. The number of hydrogen-bond acceptors (Lipinski definition) is 8. The fourth-order valence-electron chi connectivity index (χ4n) is 0.936. The largest absolute Gasteiger partial charge is 0.479 e. The van der Waals surface area contributed by atoms with Crippen molar-refractivity contribution in [3.63, 3.8) is 0 Å². The number of carbonyl (C=O) groups is 2. The monoisotopic (exact) mass is 273 g/mol. The van der Waals surface area contributed by atoms with Crippen LogP contribution in [-0.4, -0.2) is 41.0 Å².